The van der Waals surface area contributed by atoms with Crippen molar-refractivity contribution in [2.75, 3.05) is 33.0 Å². The molecule has 3 aromatic rings. The van der Waals surface area contributed by atoms with Crippen molar-refractivity contribution in [3.8, 4) is 5.75 Å². The molecule has 0 aliphatic carbocycles. The fourth-order valence-electron chi connectivity index (χ4n) is 3.16. The number of sulfone groups is 1. The highest BCUT2D eigenvalue weighted by Gasteiger charge is 2.07. The van der Waals surface area contributed by atoms with E-state index in [1.54, 1.807) is 31.3 Å². The van der Waals surface area contributed by atoms with Crippen molar-refractivity contribution in [3.63, 3.8) is 0 Å². The van der Waals surface area contributed by atoms with E-state index in [0.717, 1.165) is 18.5 Å². The molecule has 7 nitrogen and oxygen atoms in total. The van der Waals surface area contributed by atoms with Crippen molar-refractivity contribution in [1.82, 2.24) is 15.6 Å². The van der Waals surface area contributed by atoms with Crippen LogP contribution in [0.4, 0.5) is 0 Å². The summed E-state index contributed by atoms with van der Waals surface area (Å²) in [4.78, 5) is 7.84. The van der Waals surface area contributed by atoms with Crippen LogP contribution in [-0.2, 0) is 16.3 Å². The Hall–Kier alpha value is -2.27. The number of fused-ring (bicyclic) bond motifs is 1. The normalized spacial score (nSPS) is 11.8. The first-order valence-corrected chi connectivity index (χ1v) is 11.7. The molecule has 0 bridgehead atoms. The van der Waals surface area contributed by atoms with Gasteiger partial charge in [-0.25, -0.2) is 8.42 Å². The van der Waals surface area contributed by atoms with Gasteiger partial charge in [-0.15, -0.1) is 24.0 Å². The molecule has 1 aromatic heterocycles. The van der Waals surface area contributed by atoms with Crippen LogP contribution in [0.25, 0.3) is 10.9 Å². The maximum absolute atomic E-state index is 11.5. The Morgan fingerprint density at radius 1 is 1.10 bits per heavy atom. The first kappa shape index (κ1) is 25.0. The molecule has 0 saturated carbocycles. The summed E-state index contributed by atoms with van der Waals surface area (Å²) in [6.07, 6.45) is 4.13. The maximum atomic E-state index is 11.5. The van der Waals surface area contributed by atoms with Gasteiger partial charge in [-0.3, -0.25) is 4.99 Å². The zero-order valence-corrected chi connectivity index (χ0v) is 21.1. The SMILES string of the molecule is CN=C(NCCOc1ccc(S(C)(=O)=O)cc1)NCCc1c[nH]c2cc(C)ccc12.I. The highest BCUT2D eigenvalue weighted by Crippen LogP contribution is 2.19. The van der Waals surface area contributed by atoms with E-state index in [1.807, 2.05) is 0 Å². The Bertz CT molecular complexity index is 1130. The number of nitrogens with one attached hydrogen (secondary N) is 3. The summed E-state index contributed by atoms with van der Waals surface area (Å²) in [5.41, 5.74) is 3.68. The Labute approximate surface area is 200 Å². The van der Waals surface area contributed by atoms with Crippen LogP contribution in [0.5, 0.6) is 5.75 Å². The smallest absolute Gasteiger partial charge is 0.191 e. The van der Waals surface area contributed by atoms with Gasteiger partial charge in [-0.1, -0.05) is 12.1 Å². The number of hydrogen-bond donors (Lipinski definition) is 3. The number of rotatable bonds is 8. The number of guanidine groups is 1. The van der Waals surface area contributed by atoms with E-state index in [2.05, 4.69) is 51.9 Å². The van der Waals surface area contributed by atoms with Gasteiger partial charge >= 0.3 is 0 Å². The van der Waals surface area contributed by atoms with Gasteiger partial charge in [0.2, 0.25) is 0 Å². The van der Waals surface area contributed by atoms with Gasteiger partial charge in [0.1, 0.15) is 12.4 Å². The van der Waals surface area contributed by atoms with Gasteiger partial charge in [-0.2, -0.15) is 0 Å². The minimum Gasteiger partial charge on any atom is -0.492 e. The molecule has 168 valence electrons. The number of hydrogen-bond acceptors (Lipinski definition) is 4. The van der Waals surface area contributed by atoms with Gasteiger partial charge in [0, 0.05) is 36.9 Å². The van der Waals surface area contributed by atoms with E-state index in [9.17, 15) is 8.42 Å². The Morgan fingerprint density at radius 3 is 2.48 bits per heavy atom. The number of halogens is 1. The lowest BCUT2D eigenvalue weighted by Crippen LogP contribution is -2.40. The van der Waals surface area contributed by atoms with Crippen LogP contribution in [-0.4, -0.2) is 52.4 Å². The summed E-state index contributed by atoms with van der Waals surface area (Å²) < 4.78 is 28.6. The number of aromatic amines is 1. The van der Waals surface area contributed by atoms with Crippen LogP contribution in [0.1, 0.15) is 11.1 Å². The van der Waals surface area contributed by atoms with Crippen LogP contribution >= 0.6 is 24.0 Å². The molecule has 0 aliphatic rings. The van der Waals surface area contributed by atoms with Crippen LogP contribution < -0.4 is 15.4 Å². The zero-order valence-electron chi connectivity index (χ0n) is 17.9. The Kier molecular flexibility index (Phi) is 9.17. The molecule has 3 N–H and O–H groups in total. The molecule has 0 radical (unpaired) electrons. The second-order valence-corrected chi connectivity index (χ2v) is 9.15. The summed E-state index contributed by atoms with van der Waals surface area (Å²) in [7, 11) is -1.46. The van der Waals surface area contributed by atoms with Gasteiger partial charge < -0.3 is 20.4 Å². The molecule has 1 heterocycles. The molecule has 0 spiro atoms. The summed E-state index contributed by atoms with van der Waals surface area (Å²) in [5.74, 6) is 1.34. The van der Waals surface area contributed by atoms with Gasteiger partial charge in [0.15, 0.2) is 15.8 Å². The molecule has 0 unspecified atom stereocenters. The molecule has 0 saturated heterocycles. The number of aromatic nitrogens is 1. The van der Waals surface area contributed by atoms with E-state index >= 15 is 0 Å². The lowest BCUT2D eigenvalue weighted by atomic mass is 10.1. The zero-order chi connectivity index (χ0) is 21.6. The highest BCUT2D eigenvalue weighted by molar-refractivity contribution is 14.0. The van der Waals surface area contributed by atoms with Crippen LogP contribution in [0, 0.1) is 6.92 Å². The number of nitrogens with zero attached hydrogens (tertiary/aromatic N) is 1. The molecule has 3 rings (SSSR count). The molecular formula is C22H29IN4O3S. The Morgan fingerprint density at radius 2 is 1.81 bits per heavy atom. The van der Waals surface area contributed by atoms with Crippen molar-refractivity contribution < 1.29 is 13.2 Å². The van der Waals surface area contributed by atoms with Crippen LogP contribution in [0.3, 0.4) is 0 Å². The second kappa shape index (κ2) is 11.4. The van der Waals surface area contributed by atoms with E-state index in [0.29, 0.717) is 24.9 Å². The summed E-state index contributed by atoms with van der Waals surface area (Å²) >= 11 is 0. The van der Waals surface area contributed by atoms with Crippen molar-refractivity contribution >= 4 is 50.7 Å². The van der Waals surface area contributed by atoms with Crippen molar-refractivity contribution in [2.24, 2.45) is 4.99 Å². The monoisotopic (exact) mass is 556 g/mol. The predicted octanol–water partition coefficient (Wildman–Crippen LogP) is 3.28. The maximum Gasteiger partial charge on any atom is 0.191 e. The minimum atomic E-state index is -3.19. The van der Waals surface area contributed by atoms with Gasteiger partial charge in [0.05, 0.1) is 11.4 Å². The first-order valence-electron chi connectivity index (χ1n) is 9.81. The lowest BCUT2D eigenvalue weighted by molar-refractivity contribution is 0.321. The third-order valence-electron chi connectivity index (χ3n) is 4.75. The van der Waals surface area contributed by atoms with Crippen molar-refractivity contribution in [3.05, 3.63) is 59.8 Å². The molecular weight excluding hydrogens is 527 g/mol. The number of ether oxygens (including phenoxy) is 1. The molecule has 0 aliphatic heterocycles. The van der Waals surface area contributed by atoms with Gasteiger partial charge in [-0.05, 0) is 54.8 Å². The average Bonchev–Trinajstić information content (AvgIpc) is 3.11. The average molecular weight is 556 g/mol. The molecule has 0 fully saturated rings. The largest absolute Gasteiger partial charge is 0.492 e. The highest BCUT2D eigenvalue weighted by atomic mass is 127. The molecule has 9 heteroatoms. The number of aryl methyl sites for hydroxylation is 1. The van der Waals surface area contributed by atoms with Crippen molar-refractivity contribution in [1.29, 1.82) is 0 Å². The van der Waals surface area contributed by atoms with Gasteiger partial charge in [0.25, 0.3) is 0 Å². The standard InChI is InChI=1S/C22H28N4O3S.HI/c1-16-4-9-20-17(15-26-21(20)14-16)10-11-24-22(23-2)25-12-13-29-18-5-7-19(8-6-18)30(3,27)28;/h4-9,14-15,26H,10-13H2,1-3H3,(H2,23,24,25);1H. The number of benzene rings is 2. The molecule has 0 atom stereocenters. The quantitative estimate of drug-likeness (QED) is 0.171. The fourth-order valence-corrected chi connectivity index (χ4v) is 3.80. The van der Waals surface area contributed by atoms with E-state index < -0.39 is 9.84 Å². The molecule has 31 heavy (non-hydrogen) atoms. The minimum absolute atomic E-state index is 0. The second-order valence-electron chi connectivity index (χ2n) is 7.13. The predicted molar refractivity (Wildman–Crippen MR) is 137 cm³/mol. The fraction of sp³-hybridized carbons (Fsp3) is 0.318. The first-order chi connectivity index (χ1) is 14.4. The van der Waals surface area contributed by atoms with Crippen molar-refractivity contribution in [2.45, 2.75) is 18.2 Å². The topological polar surface area (TPSA) is 95.6 Å². The molecule has 2 aromatic carbocycles. The third-order valence-corrected chi connectivity index (χ3v) is 5.88. The van der Waals surface area contributed by atoms with E-state index in [4.69, 9.17) is 4.74 Å². The lowest BCUT2D eigenvalue weighted by Gasteiger charge is -2.12. The van der Waals surface area contributed by atoms with E-state index in [1.165, 1.54) is 22.8 Å². The number of aliphatic imine (C=N–C) groups is 1. The van der Waals surface area contributed by atoms with Crippen LogP contribution in [0.2, 0.25) is 0 Å². The summed E-state index contributed by atoms with van der Waals surface area (Å²) in [6.45, 7) is 3.85. The van der Waals surface area contributed by atoms with E-state index in [-0.39, 0.29) is 28.9 Å². The summed E-state index contributed by atoms with van der Waals surface area (Å²) in [5, 5.41) is 7.77. The number of H-pyrrole nitrogens is 1. The molecule has 0 amide bonds. The Balaban J connectivity index is 0.00000341. The van der Waals surface area contributed by atoms with Crippen LogP contribution in [0.15, 0.2) is 58.5 Å². The summed E-state index contributed by atoms with van der Waals surface area (Å²) in [6, 6.07) is 12.8. The third kappa shape index (κ3) is 7.13.